The first-order valence-electron chi connectivity index (χ1n) is 6.14. The molecular formula is C16H16O3. The molecule has 0 spiro atoms. The molecule has 0 radical (unpaired) electrons. The van der Waals surface area contributed by atoms with E-state index in [4.69, 9.17) is 0 Å². The quantitative estimate of drug-likeness (QED) is 0.845. The molecule has 2 unspecified atom stereocenters. The number of rotatable bonds is 3. The maximum atomic E-state index is 12.6. The molecule has 0 amide bonds. The molecule has 0 aliphatic heterocycles. The van der Waals surface area contributed by atoms with Crippen molar-refractivity contribution in [3.05, 3.63) is 53.6 Å². The zero-order valence-corrected chi connectivity index (χ0v) is 11.0. The lowest BCUT2D eigenvalue weighted by atomic mass is 9.71. The highest BCUT2D eigenvalue weighted by atomic mass is 16.3. The van der Waals surface area contributed by atoms with Gasteiger partial charge in [-0.2, -0.15) is 0 Å². The van der Waals surface area contributed by atoms with Crippen LogP contribution in [0.15, 0.2) is 42.5 Å². The minimum atomic E-state index is -1.82. The van der Waals surface area contributed by atoms with Crippen molar-refractivity contribution >= 4 is 17.6 Å². The van der Waals surface area contributed by atoms with Gasteiger partial charge in [-0.25, -0.2) is 0 Å². The number of carbonyl (C=O) groups excluding carboxylic acids is 2. The Morgan fingerprint density at radius 1 is 1.42 bits per heavy atom. The Morgan fingerprint density at radius 2 is 2.05 bits per heavy atom. The Balaban J connectivity index is 2.73. The first-order valence-corrected chi connectivity index (χ1v) is 6.14. The van der Waals surface area contributed by atoms with E-state index in [0.29, 0.717) is 11.1 Å². The van der Waals surface area contributed by atoms with E-state index < -0.39 is 17.3 Å². The Hall–Kier alpha value is -2.00. The van der Waals surface area contributed by atoms with E-state index in [0.717, 1.165) is 0 Å². The summed E-state index contributed by atoms with van der Waals surface area (Å²) in [6, 6.07) is 6.95. The second kappa shape index (κ2) is 4.59. The molecule has 1 aromatic carbocycles. The van der Waals surface area contributed by atoms with E-state index in [9.17, 15) is 14.7 Å². The number of ketones is 2. The third kappa shape index (κ3) is 1.87. The topological polar surface area (TPSA) is 54.4 Å². The molecule has 98 valence electrons. The highest BCUT2D eigenvalue weighted by molar-refractivity contribution is 6.18. The van der Waals surface area contributed by atoms with E-state index in [2.05, 4.69) is 6.58 Å². The van der Waals surface area contributed by atoms with Gasteiger partial charge >= 0.3 is 0 Å². The average Bonchev–Trinajstić information content (AvgIpc) is 2.41. The van der Waals surface area contributed by atoms with Crippen molar-refractivity contribution in [3.63, 3.8) is 0 Å². The van der Waals surface area contributed by atoms with Gasteiger partial charge in [0, 0.05) is 17.1 Å². The van der Waals surface area contributed by atoms with Gasteiger partial charge in [-0.05, 0) is 18.6 Å². The van der Waals surface area contributed by atoms with Crippen molar-refractivity contribution in [2.75, 3.05) is 0 Å². The van der Waals surface area contributed by atoms with Crippen molar-refractivity contribution in [1.29, 1.82) is 0 Å². The monoisotopic (exact) mass is 256 g/mol. The van der Waals surface area contributed by atoms with Gasteiger partial charge < -0.3 is 5.11 Å². The summed E-state index contributed by atoms with van der Waals surface area (Å²) >= 11 is 0. The lowest BCUT2D eigenvalue weighted by molar-refractivity contribution is -0.115. The summed E-state index contributed by atoms with van der Waals surface area (Å²) in [6.07, 6.45) is 3.08. The lowest BCUT2D eigenvalue weighted by Crippen LogP contribution is -2.49. The Morgan fingerprint density at radius 3 is 2.63 bits per heavy atom. The molecule has 1 aliphatic rings. The molecule has 3 heteroatoms. The first-order chi connectivity index (χ1) is 8.92. The molecule has 2 rings (SSSR count). The number of Topliss-reactive ketones (excluding diaryl/α,β-unsaturated/α-hetero) is 2. The molecular weight excluding hydrogens is 240 g/mol. The van der Waals surface area contributed by atoms with Crippen LogP contribution in [0.1, 0.15) is 29.8 Å². The van der Waals surface area contributed by atoms with E-state index in [1.54, 1.807) is 37.3 Å². The normalized spacial score (nSPS) is 23.3. The second-order valence-electron chi connectivity index (χ2n) is 4.82. The zero-order valence-electron chi connectivity index (χ0n) is 11.0. The molecule has 0 bridgehead atoms. The Bertz CT molecular complexity index is 598. The van der Waals surface area contributed by atoms with Gasteiger partial charge in [-0.1, -0.05) is 37.3 Å². The average molecular weight is 256 g/mol. The van der Waals surface area contributed by atoms with E-state index in [1.165, 1.54) is 13.0 Å². The van der Waals surface area contributed by atoms with Crippen LogP contribution in [-0.2, 0) is 4.79 Å². The molecule has 1 aromatic rings. The lowest BCUT2D eigenvalue weighted by Gasteiger charge is -2.35. The fourth-order valence-electron chi connectivity index (χ4n) is 2.42. The number of fused-ring (bicyclic) bond motifs is 1. The largest absolute Gasteiger partial charge is 0.376 e. The maximum Gasteiger partial charge on any atom is 0.200 e. The van der Waals surface area contributed by atoms with E-state index in [1.807, 2.05) is 0 Å². The summed E-state index contributed by atoms with van der Waals surface area (Å²) in [5.41, 5.74) is -0.590. The number of hydrogen-bond donors (Lipinski definition) is 1. The minimum Gasteiger partial charge on any atom is -0.376 e. The third-order valence-electron chi connectivity index (χ3n) is 3.65. The van der Waals surface area contributed by atoms with Gasteiger partial charge in [0.15, 0.2) is 17.2 Å². The molecule has 0 saturated heterocycles. The van der Waals surface area contributed by atoms with Gasteiger partial charge in [0.25, 0.3) is 0 Å². The summed E-state index contributed by atoms with van der Waals surface area (Å²) in [4.78, 5) is 24.3. The highest BCUT2D eigenvalue weighted by Crippen LogP contribution is 2.37. The molecule has 3 nitrogen and oxygen atoms in total. The number of hydrogen-bond acceptors (Lipinski definition) is 3. The van der Waals surface area contributed by atoms with Crippen molar-refractivity contribution < 1.29 is 14.7 Å². The fraction of sp³-hybridized carbons (Fsp3) is 0.250. The number of benzene rings is 1. The number of aliphatic hydroxyl groups is 1. The Kier molecular flexibility index (Phi) is 3.25. The van der Waals surface area contributed by atoms with Crippen LogP contribution in [0.2, 0.25) is 0 Å². The summed E-state index contributed by atoms with van der Waals surface area (Å²) in [7, 11) is 0. The summed E-state index contributed by atoms with van der Waals surface area (Å²) < 4.78 is 0. The molecule has 1 N–H and O–H groups in total. The molecule has 0 aromatic heterocycles. The molecule has 2 atom stereocenters. The van der Waals surface area contributed by atoms with Crippen LogP contribution in [-0.4, -0.2) is 22.3 Å². The minimum absolute atomic E-state index is 0.128. The zero-order chi connectivity index (χ0) is 14.2. The van der Waals surface area contributed by atoms with Crippen LogP contribution in [0.3, 0.4) is 0 Å². The molecule has 0 fully saturated rings. The maximum absolute atomic E-state index is 12.6. The Labute approximate surface area is 112 Å². The van der Waals surface area contributed by atoms with Crippen LogP contribution in [0.5, 0.6) is 0 Å². The summed E-state index contributed by atoms with van der Waals surface area (Å²) in [5.74, 6) is -1.29. The van der Waals surface area contributed by atoms with Crippen LogP contribution in [0.4, 0.5) is 0 Å². The van der Waals surface area contributed by atoms with Crippen LogP contribution in [0.25, 0.3) is 6.08 Å². The molecule has 0 heterocycles. The van der Waals surface area contributed by atoms with Crippen molar-refractivity contribution in [2.45, 2.75) is 19.4 Å². The first kappa shape index (κ1) is 13.4. The van der Waals surface area contributed by atoms with E-state index in [-0.39, 0.29) is 11.4 Å². The SMILES string of the molecule is C=CC(C)C1(O)C(=O)c2ccccc2C=C1C(C)=O. The van der Waals surface area contributed by atoms with E-state index >= 15 is 0 Å². The molecule has 1 aliphatic carbocycles. The van der Waals surface area contributed by atoms with Gasteiger partial charge in [0.1, 0.15) is 0 Å². The summed E-state index contributed by atoms with van der Waals surface area (Å²) in [5, 5.41) is 10.8. The summed E-state index contributed by atoms with van der Waals surface area (Å²) in [6.45, 7) is 6.65. The van der Waals surface area contributed by atoms with Crippen LogP contribution < -0.4 is 0 Å². The predicted octanol–water partition coefficient (Wildman–Crippen LogP) is 2.41. The van der Waals surface area contributed by atoms with Gasteiger partial charge in [-0.3, -0.25) is 9.59 Å². The van der Waals surface area contributed by atoms with Crippen molar-refractivity contribution in [2.24, 2.45) is 5.92 Å². The van der Waals surface area contributed by atoms with Crippen molar-refractivity contribution in [1.82, 2.24) is 0 Å². The highest BCUT2D eigenvalue weighted by Gasteiger charge is 2.48. The van der Waals surface area contributed by atoms with Crippen LogP contribution in [0, 0.1) is 5.92 Å². The fourth-order valence-corrected chi connectivity index (χ4v) is 2.42. The van der Waals surface area contributed by atoms with Crippen molar-refractivity contribution in [3.8, 4) is 0 Å². The van der Waals surface area contributed by atoms with Gasteiger partial charge in [0.2, 0.25) is 0 Å². The second-order valence-corrected chi connectivity index (χ2v) is 4.82. The van der Waals surface area contributed by atoms with Gasteiger partial charge in [0.05, 0.1) is 0 Å². The van der Waals surface area contributed by atoms with Gasteiger partial charge in [-0.15, -0.1) is 6.58 Å². The standard InChI is InChI=1S/C16H16O3/c1-4-10(2)16(19)14(11(3)17)9-12-7-5-6-8-13(12)15(16)18/h4-10,19H,1H2,2-3H3. The smallest absolute Gasteiger partial charge is 0.200 e. The third-order valence-corrected chi connectivity index (χ3v) is 3.65. The predicted molar refractivity (Wildman–Crippen MR) is 73.7 cm³/mol. The number of carbonyl (C=O) groups is 2. The molecule has 19 heavy (non-hydrogen) atoms. The van der Waals surface area contributed by atoms with Crippen LogP contribution >= 0.6 is 0 Å². The molecule has 0 saturated carbocycles.